The molecule has 1 aliphatic rings. The van der Waals surface area contributed by atoms with Gasteiger partial charge >= 0.3 is 5.97 Å². The topological polar surface area (TPSA) is 89.9 Å². The van der Waals surface area contributed by atoms with Crippen molar-refractivity contribution in [3.05, 3.63) is 23.8 Å². The van der Waals surface area contributed by atoms with Crippen LogP contribution in [0, 0.1) is 0 Å². The Kier molecular flexibility index (Phi) is 6.18. The van der Waals surface area contributed by atoms with Crippen molar-refractivity contribution in [2.75, 3.05) is 45.2 Å². The van der Waals surface area contributed by atoms with E-state index in [2.05, 4.69) is 9.62 Å². The number of carboxylic acids is 1. The summed E-state index contributed by atoms with van der Waals surface area (Å²) in [4.78, 5) is 15.2. The van der Waals surface area contributed by atoms with Crippen LogP contribution in [0.4, 0.5) is 5.69 Å². The number of halogens is 1. The van der Waals surface area contributed by atoms with Gasteiger partial charge in [0.2, 0.25) is 10.0 Å². The Morgan fingerprint density at radius 2 is 1.82 bits per heavy atom. The van der Waals surface area contributed by atoms with E-state index >= 15 is 0 Å². The summed E-state index contributed by atoms with van der Waals surface area (Å²) in [5, 5.41) is 9.05. The van der Waals surface area contributed by atoms with Gasteiger partial charge in [0, 0.05) is 26.2 Å². The van der Waals surface area contributed by atoms with Crippen molar-refractivity contribution in [3.8, 4) is 0 Å². The molecular formula is C13H20ClN3O4S. The molecule has 0 spiro atoms. The highest BCUT2D eigenvalue weighted by Crippen LogP contribution is 2.27. The van der Waals surface area contributed by atoms with E-state index < -0.39 is 16.0 Å². The lowest BCUT2D eigenvalue weighted by molar-refractivity contribution is 0.0696. The maximum atomic E-state index is 12.2. The lowest BCUT2D eigenvalue weighted by atomic mass is 10.2. The summed E-state index contributed by atoms with van der Waals surface area (Å²) >= 11 is 0. The molecule has 1 saturated heterocycles. The van der Waals surface area contributed by atoms with Crippen molar-refractivity contribution in [1.82, 2.24) is 9.62 Å². The molecule has 0 amide bonds. The predicted molar refractivity (Wildman–Crippen MR) is 86.6 cm³/mol. The molecule has 1 aromatic rings. The molecule has 2 N–H and O–H groups in total. The van der Waals surface area contributed by atoms with Crippen LogP contribution in [0.3, 0.4) is 0 Å². The van der Waals surface area contributed by atoms with Crippen molar-refractivity contribution >= 4 is 34.1 Å². The minimum absolute atomic E-state index is 0. The van der Waals surface area contributed by atoms with Gasteiger partial charge in [-0.3, -0.25) is 0 Å². The number of hydrogen-bond donors (Lipinski definition) is 2. The van der Waals surface area contributed by atoms with E-state index in [9.17, 15) is 13.2 Å². The Bertz CT molecular complexity index is 643. The smallest absolute Gasteiger partial charge is 0.335 e. The van der Waals surface area contributed by atoms with Gasteiger partial charge < -0.3 is 14.9 Å². The first-order chi connectivity index (χ1) is 9.85. The maximum Gasteiger partial charge on any atom is 0.335 e. The van der Waals surface area contributed by atoms with Crippen molar-refractivity contribution in [3.63, 3.8) is 0 Å². The third-order valence-electron chi connectivity index (χ3n) is 3.61. The summed E-state index contributed by atoms with van der Waals surface area (Å²) in [5.74, 6) is -1.15. The number of hydrogen-bond acceptors (Lipinski definition) is 5. The van der Waals surface area contributed by atoms with E-state index in [1.807, 2.05) is 11.9 Å². The zero-order valence-electron chi connectivity index (χ0n) is 12.4. The fourth-order valence-corrected chi connectivity index (χ4v) is 3.26. The van der Waals surface area contributed by atoms with Crippen LogP contribution in [0.1, 0.15) is 10.4 Å². The highest BCUT2D eigenvalue weighted by atomic mass is 35.5. The molecule has 0 unspecified atom stereocenters. The third-order valence-corrected chi connectivity index (χ3v) is 5.05. The Morgan fingerprint density at radius 1 is 1.23 bits per heavy atom. The second kappa shape index (κ2) is 7.28. The van der Waals surface area contributed by atoms with Gasteiger partial charge in [-0.15, -0.1) is 12.4 Å². The number of rotatable bonds is 4. The monoisotopic (exact) mass is 349 g/mol. The average Bonchev–Trinajstić information content (AvgIpc) is 2.47. The second-order valence-corrected chi connectivity index (χ2v) is 6.84. The number of benzene rings is 1. The molecule has 22 heavy (non-hydrogen) atoms. The van der Waals surface area contributed by atoms with E-state index in [1.165, 1.54) is 19.2 Å². The number of carbonyl (C=O) groups is 1. The Morgan fingerprint density at radius 3 is 2.32 bits per heavy atom. The standard InChI is InChI=1S/C13H19N3O4S.ClH/c1-14-21(19,20)12-9-10(13(17)18)3-4-11(12)16-7-5-15(2)6-8-16;/h3-4,9,14H,5-8H2,1-2H3,(H,17,18);1H. The first-order valence-corrected chi connectivity index (χ1v) is 8.08. The van der Waals surface area contributed by atoms with Crippen molar-refractivity contribution < 1.29 is 18.3 Å². The van der Waals surface area contributed by atoms with Gasteiger partial charge in [0.25, 0.3) is 0 Å². The van der Waals surface area contributed by atoms with E-state index in [1.54, 1.807) is 6.07 Å². The molecule has 0 saturated carbocycles. The molecule has 124 valence electrons. The first kappa shape index (κ1) is 18.7. The van der Waals surface area contributed by atoms with E-state index in [0.29, 0.717) is 18.8 Å². The largest absolute Gasteiger partial charge is 0.478 e. The number of carboxylic acid groups (broad SMARTS) is 1. The number of aromatic carboxylic acids is 1. The molecule has 0 aliphatic carbocycles. The number of anilines is 1. The zero-order valence-corrected chi connectivity index (χ0v) is 14.1. The van der Waals surface area contributed by atoms with Gasteiger partial charge in [-0.25, -0.2) is 17.9 Å². The molecule has 9 heteroatoms. The fraction of sp³-hybridized carbons (Fsp3) is 0.462. The highest BCUT2D eigenvalue weighted by Gasteiger charge is 2.24. The van der Waals surface area contributed by atoms with Crippen LogP contribution in [-0.2, 0) is 10.0 Å². The van der Waals surface area contributed by atoms with E-state index in [4.69, 9.17) is 5.11 Å². The molecule has 7 nitrogen and oxygen atoms in total. The lowest BCUT2D eigenvalue weighted by Crippen LogP contribution is -2.45. The van der Waals surface area contributed by atoms with Crippen molar-refractivity contribution in [2.24, 2.45) is 0 Å². The zero-order chi connectivity index (χ0) is 15.6. The summed E-state index contributed by atoms with van der Waals surface area (Å²) in [6, 6.07) is 4.21. The molecule has 1 aliphatic heterocycles. The normalized spacial score (nSPS) is 16.2. The van der Waals surface area contributed by atoms with Gasteiger partial charge in [-0.1, -0.05) is 0 Å². The van der Waals surface area contributed by atoms with Crippen molar-refractivity contribution in [1.29, 1.82) is 0 Å². The molecule has 1 heterocycles. The van der Waals surface area contributed by atoms with Crippen molar-refractivity contribution in [2.45, 2.75) is 4.90 Å². The van der Waals surface area contributed by atoms with E-state index in [-0.39, 0.29) is 22.9 Å². The molecule has 0 atom stereocenters. The van der Waals surface area contributed by atoms with Crippen LogP contribution in [0.25, 0.3) is 0 Å². The minimum Gasteiger partial charge on any atom is -0.478 e. The number of likely N-dealkylation sites (N-methyl/N-ethyl adjacent to an activating group) is 1. The number of nitrogens with zero attached hydrogens (tertiary/aromatic N) is 2. The molecule has 0 aromatic heterocycles. The molecule has 2 rings (SSSR count). The third kappa shape index (κ3) is 3.89. The fourth-order valence-electron chi connectivity index (χ4n) is 2.28. The summed E-state index contributed by atoms with van der Waals surface area (Å²) in [6.07, 6.45) is 0. The van der Waals surface area contributed by atoms with Gasteiger partial charge in [0.1, 0.15) is 4.90 Å². The molecule has 0 bridgehead atoms. The Balaban J connectivity index is 0.00000242. The number of nitrogens with one attached hydrogen (secondary N) is 1. The highest BCUT2D eigenvalue weighted by molar-refractivity contribution is 7.89. The Hall–Kier alpha value is -1.35. The van der Waals surface area contributed by atoms with Gasteiger partial charge in [-0.05, 0) is 32.3 Å². The van der Waals surface area contributed by atoms with Crippen LogP contribution >= 0.6 is 12.4 Å². The summed E-state index contributed by atoms with van der Waals surface area (Å²) < 4.78 is 26.6. The average molecular weight is 350 g/mol. The molecular weight excluding hydrogens is 330 g/mol. The first-order valence-electron chi connectivity index (χ1n) is 6.59. The molecule has 0 radical (unpaired) electrons. The van der Waals surface area contributed by atoms with Crippen LogP contribution < -0.4 is 9.62 Å². The van der Waals surface area contributed by atoms with Gasteiger partial charge in [0.05, 0.1) is 11.3 Å². The molecule has 1 fully saturated rings. The second-order valence-electron chi connectivity index (χ2n) is 4.99. The quantitative estimate of drug-likeness (QED) is 0.821. The van der Waals surface area contributed by atoms with Gasteiger partial charge in [-0.2, -0.15) is 0 Å². The van der Waals surface area contributed by atoms with E-state index in [0.717, 1.165) is 13.1 Å². The summed E-state index contributed by atoms with van der Waals surface area (Å²) in [6.45, 7) is 3.07. The molecule has 1 aromatic carbocycles. The SMILES string of the molecule is CNS(=O)(=O)c1cc(C(=O)O)ccc1N1CCN(C)CC1.Cl. The minimum atomic E-state index is -3.72. The number of piperazine rings is 1. The lowest BCUT2D eigenvalue weighted by Gasteiger charge is -2.35. The van der Waals surface area contributed by atoms with Crippen LogP contribution in [0.2, 0.25) is 0 Å². The van der Waals surface area contributed by atoms with Crippen LogP contribution in [-0.4, -0.2) is 64.7 Å². The summed E-state index contributed by atoms with van der Waals surface area (Å²) in [5.41, 5.74) is 0.504. The van der Waals surface area contributed by atoms with Crippen LogP contribution in [0.5, 0.6) is 0 Å². The number of sulfonamides is 1. The predicted octanol–water partition coefficient (Wildman–Crippen LogP) is 0.466. The van der Waals surface area contributed by atoms with Gasteiger partial charge in [0.15, 0.2) is 0 Å². The van der Waals surface area contributed by atoms with Crippen LogP contribution in [0.15, 0.2) is 23.1 Å². The Labute approximate surface area is 136 Å². The maximum absolute atomic E-state index is 12.2. The summed E-state index contributed by atoms with van der Waals surface area (Å²) in [7, 11) is -0.390.